The molecule has 9 heteroatoms. The van der Waals surface area contributed by atoms with Crippen molar-refractivity contribution in [2.45, 2.75) is 13.3 Å². The first-order valence-corrected chi connectivity index (χ1v) is 12.1. The molecule has 0 saturated heterocycles. The number of hydrogen-bond donors (Lipinski definition) is 1. The summed E-state index contributed by atoms with van der Waals surface area (Å²) in [4.78, 5) is 36.1. The van der Waals surface area contributed by atoms with Gasteiger partial charge in [-0.05, 0) is 53.8 Å². The number of hydrogen-bond acceptors (Lipinski definition) is 6. The van der Waals surface area contributed by atoms with Crippen molar-refractivity contribution in [3.05, 3.63) is 89.5 Å². The number of benzene rings is 2. The molecule has 1 aliphatic rings. The van der Waals surface area contributed by atoms with Gasteiger partial charge in [-0.2, -0.15) is 9.37 Å². The number of halogens is 1. The standard InChI is InChI=1S/C29H25FN4O4/c1-3-34-27-22(29(37)33(2)23-10-12-25(30)32-28(23)34)16-18(17-31-27)14-15-38-24-11-8-19(9-13-26(35)36)20-6-4-5-7-21(20)24/h4-13,16-17H,3,14-15H2,1-2H3,(H,35,36)/b13-9+. The van der Waals surface area contributed by atoms with Crippen LogP contribution in [0.4, 0.5) is 21.7 Å². The largest absolute Gasteiger partial charge is 0.493 e. The Morgan fingerprint density at radius 2 is 1.89 bits per heavy atom. The maximum Gasteiger partial charge on any atom is 0.328 e. The van der Waals surface area contributed by atoms with E-state index >= 15 is 0 Å². The average Bonchev–Trinajstić information content (AvgIpc) is 3.00. The van der Waals surface area contributed by atoms with E-state index in [9.17, 15) is 14.0 Å². The van der Waals surface area contributed by atoms with Crippen LogP contribution in [-0.4, -0.2) is 47.2 Å². The summed E-state index contributed by atoms with van der Waals surface area (Å²) >= 11 is 0. The molecule has 8 nitrogen and oxygen atoms in total. The molecule has 0 aliphatic carbocycles. The number of carboxylic acids is 1. The van der Waals surface area contributed by atoms with Crippen molar-refractivity contribution in [2.24, 2.45) is 0 Å². The van der Waals surface area contributed by atoms with Crippen LogP contribution in [-0.2, 0) is 11.2 Å². The molecule has 5 rings (SSSR count). The Bertz CT molecular complexity index is 1590. The van der Waals surface area contributed by atoms with Gasteiger partial charge < -0.3 is 19.6 Å². The number of carbonyl (C=O) groups is 2. The first kappa shape index (κ1) is 24.9. The molecule has 0 bridgehead atoms. The maximum absolute atomic E-state index is 14.0. The molecule has 192 valence electrons. The molecular weight excluding hydrogens is 487 g/mol. The molecule has 0 radical (unpaired) electrons. The highest BCUT2D eigenvalue weighted by atomic mass is 19.1. The lowest BCUT2D eigenvalue weighted by Crippen LogP contribution is -2.25. The van der Waals surface area contributed by atoms with Crippen LogP contribution in [0.25, 0.3) is 16.8 Å². The molecule has 0 unspecified atom stereocenters. The normalized spacial score (nSPS) is 13.0. The highest BCUT2D eigenvalue weighted by Crippen LogP contribution is 2.38. The van der Waals surface area contributed by atoms with Crippen LogP contribution in [0.15, 0.2) is 66.9 Å². The Kier molecular flexibility index (Phi) is 6.74. The number of nitrogens with zero attached hydrogens (tertiary/aromatic N) is 4. The van der Waals surface area contributed by atoms with Crippen LogP contribution >= 0.6 is 0 Å². The summed E-state index contributed by atoms with van der Waals surface area (Å²) in [6.07, 6.45) is 4.86. The zero-order chi connectivity index (χ0) is 26.8. The highest BCUT2D eigenvalue weighted by molar-refractivity contribution is 6.12. The number of ether oxygens (including phenoxy) is 1. The van der Waals surface area contributed by atoms with Gasteiger partial charge in [0, 0.05) is 37.7 Å². The number of carboxylic acid groups (broad SMARTS) is 1. The third-order valence-corrected chi connectivity index (χ3v) is 6.44. The average molecular weight is 513 g/mol. The third kappa shape index (κ3) is 4.66. The number of pyridine rings is 2. The van der Waals surface area contributed by atoms with Gasteiger partial charge in [-0.25, -0.2) is 9.78 Å². The second-order valence-electron chi connectivity index (χ2n) is 8.77. The zero-order valence-electron chi connectivity index (χ0n) is 20.9. The molecule has 2 aromatic heterocycles. The van der Waals surface area contributed by atoms with Crippen LogP contribution in [0, 0.1) is 5.95 Å². The van der Waals surface area contributed by atoms with Crippen molar-refractivity contribution in [1.29, 1.82) is 0 Å². The lowest BCUT2D eigenvalue weighted by Gasteiger charge is -2.22. The summed E-state index contributed by atoms with van der Waals surface area (Å²) in [7, 11) is 1.64. The van der Waals surface area contributed by atoms with E-state index < -0.39 is 11.9 Å². The minimum absolute atomic E-state index is 0.253. The van der Waals surface area contributed by atoms with Gasteiger partial charge in [0.2, 0.25) is 5.95 Å². The van der Waals surface area contributed by atoms with Crippen LogP contribution in [0.2, 0.25) is 0 Å². The second kappa shape index (κ2) is 10.3. The Morgan fingerprint density at radius 3 is 2.66 bits per heavy atom. The van der Waals surface area contributed by atoms with Crippen molar-refractivity contribution in [2.75, 3.05) is 30.0 Å². The number of aliphatic carboxylic acids is 1. The number of carbonyl (C=O) groups excluding carboxylic acids is 1. The van der Waals surface area contributed by atoms with Gasteiger partial charge in [0.1, 0.15) is 11.6 Å². The number of anilines is 3. The van der Waals surface area contributed by atoms with Gasteiger partial charge in [0.25, 0.3) is 5.91 Å². The molecule has 4 aromatic rings. The summed E-state index contributed by atoms with van der Waals surface area (Å²) in [6, 6.07) is 15.9. The highest BCUT2D eigenvalue weighted by Gasteiger charge is 2.31. The predicted molar refractivity (Wildman–Crippen MR) is 144 cm³/mol. The topological polar surface area (TPSA) is 95.9 Å². The first-order chi connectivity index (χ1) is 18.4. The monoisotopic (exact) mass is 512 g/mol. The molecule has 38 heavy (non-hydrogen) atoms. The van der Waals surface area contributed by atoms with Gasteiger partial charge >= 0.3 is 5.97 Å². The van der Waals surface area contributed by atoms with E-state index in [2.05, 4.69) is 9.97 Å². The van der Waals surface area contributed by atoms with E-state index in [0.717, 1.165) is 28.0 Å². The van der Waals surface area contributed by atoms with E-state index in [1.54, 1.807) is 36.4 Å². The fraction of sp³-hybridized carbons (Fsp3) is 0.172. The molecule has 1 amide bonds. The molecule has 2 aromatic carbocycles. The summed E-state index contributed by atoms with van der Waals surface area (Å²) < 4.78 is 20.1. The van der Waals surface area contributed by atoms with Gasteiger partial charge in [-0.1, -0.05) is 30.3 Å². The van der Waals surface area contributed by atoms with Crippen molar-refractivity contribution in [3.8, 4) is 5.75 Å². The summed E-state index contributed by atoms with van der Waals surface area (Å²) in [5.41, 5.74) is 2.51. The lowest BCUT2D eigenvalue weighted by molar-refractivity contribution is -0.131. The van der Waals surface area contributed by atoms with Crippen LogP contribution < -0.4 is 14.5 Å². The van der Waals surface area contributed by atoms with Crippen LogP contribution in [0.3, 0.4) is 0 Å². The fourth-order valence-electron chi connectivity index (χ4n) is 4.58. The molecule has 1 aliphatic heterocycles. The maximum atomic E-state index is 14.0. The molecule has 0 saturated carbocycles. The van der Waals surface area contributed by atoms with E-state index in [0.29, 0.717) is 48.2 Å². The minimum Gasteiger partial charge on any atom is -0.493 e. The molecule has 1 N–H and O–H groups in total. The molecule has 3 heterocycles. The summed E-state index contributed by atoms with van der Waals surface area (Å²) in [5.74, 6) is -0.438. The smallest absolute Gasteiger partial charge is 0.328 e. The Balaban J connectivity index is 1.39. The summed E-state index contributed by atoms with van der Waals surface area (Å²) in [6.45, 7) is 2.69. The van der Waals surface area contributed by atoms with Crippen molar-refractivity contribution in [3.63, 3.8) is 0 Å². The van der Waals surface area contributed by atoms with E-state index in [-0.39, 0.29) is 5.91 Å². The van der Waals surface area contributed by atoms with Gasteiger partial charge in [0.05, 0.1) is 17.9 Å². The van der Waals surface area contributed by atoms with Crippen molar-refractivity contribution in [1.82, 2.24) is 9.97 Å². The van der Waals surface area contributed by atoms with E-state index in [1.165, 1.54) is 11.0 Å². The van der Waals surface area contributed by atoms with E-state index in [4.69, 9.17) is 9.84 Å². The molecule has 0 atom stereocenters. The molecule has 0 fully saturated rings. The van der Waals surface area contributed by atoms with Gasteiger partial charge in [-0.15, -0.1) is 0 Å². The number of amides is 1. The van der Waals surface area contributed by atoms with Crippen molar-refractivity contribution < 1.29 is 23.8 Å². The van der Waals surface area contributed by atoms with Crippen LogP contribution in [0.1, 0.15) is 28.4 Å². The van der Waals surface area contributed by atoms with Gasteiger partial charge in [0.15, 0.2) is 5.82 Å². The number of rotatable bonds is 7. The van der Waals surface area contributed by atoms with Gasteiger partial charge in [-0.3, -0.25) is 4.79 Å². The number of aromatic nitrogens is 2. The fourth-order valence-corrected chi connectivity index (χ4v) is 4.58. The molecular formula is C29H25FN4O4. The minimum atomic E-state index is -1.01. The Hall–Kier alpha value is -4.79. The second-order valence-corrected chi connectivity index (χ2v) is 8.77. The Morgan fingerprint density at radius 1 is 1.11 bits per heavy atom. The zero-order valence-corrected chi connectivity index (χ0v) is 20.9. The summed E-state index contributed by atoms with van der Waals surface area (Å²) in [5, 5.41) is 10.7. The quantitative estimate of drug-likeness (QED) is 0.267. The SMILES string of the molecule is CCN1c2ncc(CCOc3ccc(/C=C/C(=O)O)c4ccccc34)cc2C(=O)N(C)c2ccc(F)nc21. The first-order valence-electron chi connectivity index (χ1n) is 12.1. The molecule has 0 spiro atoms. The lowest BCUT2D eigenvalue weighted by atomic mass is 10.0. The Labute approximate surface area is 218 Å². The van der Waals surface area contributed by atoms with E-state index in [1.807, 2.05) is 43.3 Å². The van der Waals surface area contributed by atoms with Crippen molar-refractivity contribution >= 4 is 46.0 Å². The predicted octanol–water partition coefficient (Wildman–Crippen LogP) is 5.24. The third-order valence-electron chi connectivity index (χ3n) is 6.44. The number of fused-ring (bicyclic) bond motifs is 3. The van der Waals surface area contributed by atoms with Crippen LogP contribution in [0.5, 0.6) is 5.75 Å².